The molecular weight excluding hydrogens is 230 g/mol. The summed E-state index contributed by atoms with van der Waals surface area (Å²) >= 11 is 0. The number of benzene rings is 1. The van der Waals surface area contributed by atoms with Crippen molar-refractivity contribution in [3.8, 4) is 5.75 Å². The minimum Gasteiger partial charge on any atom is -0.496 e. The molecule has 0 heterocycles. The van der Waals surface area contributed by atoms with E-state index in [1.807, 2.05) is 31.2 Å². The Kier molecular flexibility index (Phi) is 6.22. The summed E-state index contributed by atoms with van der Waals surface area (Å²) < 4.78 is 10.4. The highest BCUT2D eigenvalue weighted by molar-refractivity contribution is 5.69. The smallest absolute Gasteiger partial charge is 0.305 e. The first-order chi connectivity index (χ1) is 8.67. The summed E-state index contributed by atoms with van der Waals surface area (Å²) in [6.07, 6.45) is 0.295. The third kappa shape index (κ3) is 4.75. The highest BCUT2D eigenvalue weighted by atomic mass is 16.5. The second-order valence-corrected chi connectivity index (χ2v) is 4.10. The van der Waals surface area contributed by atoms with Gasteiger partial charge in [-0.05, 0) is 13.0 Å². The van der Waals surface area contributed by atoms with Gasteiger partial charge in [0, 0.05) is 25.1 Å². The summed E-state index contributed by atoms with van der Waals surface area (Å²) in [6.45, 7) is 4.99. The Morgan fingerprint density at radius 1 is 1.39 bits per heavy atom. The van der Waals surface area contributed by atoms with E-state index in [1.165, 1.54) is 0 Å². The van der Waals surface area contributed by atoms with E-state index in [0.717, 1.165) is 11.3 Å². The zero-order chi connectivity index (χ0) is 13.4. The lowest BCUT2D eigenvalue weighted by molar-refractivity contribution is -0.147. The molecule has 0 aromatic heterocycles. The molecule has 4 heteroatoms. The highest BCUT2D eigenvalue weighted by Crippen LogP contribution is 2.16. The summed E-state index contributed by atoms with van der Waals surface area (Å²) in [5.41, 5.74) is 1.09. The molecule has 0 saturated carbocycles. The molecule has 0 aliphatic carbocycles. The van der Waals surface area contributed by atoms with Gasteiger partial charge in [0.05, 0.1) is 7.11 Å². The van der Waals surface area contributed by atoms with Gasteiger partial charge in [0.2, 0.25) is 0 Å². The maximum atomic E-state index is 11.1. The van der Waals surface area contributed by atoms with Crippen molar-refractivity contribution in [3.05, 3.63) is 29.8 Å². The monoisotopic (exact) mass is 251 g/mol. The van der Waals surface area contributed by atoms with E-state index in [2.05, 4.69) is 5.32 Å². The lowest BCUT2D eigenvalue weighted by Crippen LogP contribution is -2.28. The van der Waals surface area contributed by atoms with E-state index >= 15 is 0 Å². The molecule has 0 bridgehead atoms. The molecule has 0 aliphatic heterocycles. The van der Waals surface area contributed by atoms with Crippen LogP contribution in [0.1, 0.15) is 25.8 Å². The van der Waals surface area contributed by atoms with Gasteiger partial charge in [-0.3, -0.25) is 4.79 Å². The predicted octanol–water partition coefficient (Wildman–Crippen LogP) is 2.13. The van der Waals surface area contributed by atoms with Crippen LogP contribution in [0.3, 0.4) is 0 Å². The molecule has 1 N–H and O–H groups in total. The van der Waals surface area contributed by atoms with E-state index in [4.69, 9.17) is 9.47 Å². The summed E-state index contributed by atoms with van der Waals surface area (Å²) in [7, 11) is 1.66. The van der Waals surface area contributed by atoms with E-state index in [1.54, 1.807) is 14.0 Å². The van der Waals surface area contributed by atoms with Crippen molar-refractivity contribution in [2.24, 2.45) is 0 Å². The Morgan fingerprint density at radius 2 is 2.11 bits per heavy atom. The predicted molar refractivity (Wildman–Crippen MR) is 70.5 cm³/mol. The van der Waals surface area contributed by atoms with Crippen LogP contribution in [0.15, 0.2) is 24.3 Å². The van der Waals surface area contributed by atoms with Gasteiger partial charge >= 0.3 is 5.97 Å². The third-order valence-electron chi connectivity index (χ3n) is 2.56. The topological polar surface area (TPSA) is 47.6 Å². The Bertz CT molecular complexity index is 379. The number of esters is 1. The van der Waals surface area contributed by atoms with Crippen LogP contribution in [0.4, 0.5) is 0 Å². The quantitative estimate of drug-likeness (QED) is 0.754. The molecule has 100 valence electrons. The number of carbonyl (C=O) groups excluding carboxylic acids is 1. The van der Waals surface area contributed by atoms with Crippen molar-refractivity contribution >= 4 is 5.97 Å². The van der Waals surface area contributed by atoms with Crippen LogP contribution in [0, 0.1) is 0 Å². The Hall–Kier alpha value is -1.55. The van der Waals surface area contributed by atoms with Crippen molar-refractivity contribution in [1.82, 2.24) is 5.32 Å². The summed E-state index contributed by atoms with van der Waals surface area (Å²) in [6, 6.07) is 7.85. The fourth-order valence-corrected chi connectivity index (χ4v) is 1.61. The Morgan fingerprint density at radius 3 is 2.78 bits per heavy atom. The van der Waals surface area contributed by atoms with E-state index in [-0.39, 0.29) is 12.1 Å². The zero-order valence-electron chi connectivity index (χ0n) is 11.2. The zero-order valence-corrected chi connectivity index (χ0v) is 11.2. The summed E-state index contributed by atoms with van der Waals surface area (Å²) in [5, 5.41) is 3.25. The molecule has 0 radical (unpaired) electrons. The maximum Gasteiger partial charge on any atom is 0.305 e. The van der Waals surface area contributed by atoms with Gasteiger partial charge in [-0.2, -0.15) is 0 Å². The fraction of sp³-hybridized carbons (Fsp3) is 0.500. The van der Waals surface area contributed by atoms with Crippen LogP contribution >= 0.6 is 0 Å². The van der Waals surface area contributed by atoms with Crippen LogP contribution in [0.5, 0.6) is 5.75 Å². The average Bonchev–Trinajstić information content (AvgIpc) is 2.39. The van der Waals surface area contributed by atoms with E-state index in [9.17, 15) is 4.79 Å². The molecule has 1 unspecified atom stereocenters. The van der Waals surface area contributed by atoms with Gasteiger partial charge in [-0.1, -0.05) is 25.1 Å². The SMILES string of the molecule is CCC(=O)OC(C)CNCc1ccccc1OC. The van der Waals surface area contributed by atoms with Gasteiger partial charge < -0.3 is 14.8 Å². The molecule has 0 fully saturated rings. The second-order valence-electron chi connectivity index (χ2n) is 4.10. The Labute approximate surface area is 108 Å². The summed E-state index contributed by atoms with van der Waals surface area (Å²) in [4.78, 5) is 11.1. The molecule has 1 atom stereocenters. The fourth-order valence-electron chi connectivity index (χ4n) is 1.61. The number of carbonyl (C=O) groups is 1. The minimum atomic E-state index is -0.165. The van der Waals surface area contributed by atoms with Crippen LogP contribution < -0.4 is 10.1 Å². The molecule has 1 aromatic carbocycles. The van der Waals surface area contributed by atoms with Gasteiger partial charge in [0.1, 0.15) is 11.9 Å². The first kappa shape index (κ1) is 14.5. The number of hydrogen-bond acceptors (Lipinski definition) is 4. The van der Waals surface area contributed by atoms with Crippen LogP contribution in [-0.2, 0) is 16.1 Å². The number of ether oxygens (including phenoxy) is 2. The van der Waals surface area contributed by atoms with Crippen molar-refractivity contribution < 1.29 is 14.3 Å². The van der Waals surface area contributed by atoms with Gasteiger partial charge in [0.15, 0.2) is 0 Å². The van der Waals surface area contributed by atoms with E-state index < -0.39 is 0 Å². The molecular formula is C14H21NO3. The summed E-state index contributed by atoms with van der Waals surface area (Å²) in [5.74, 6) is 0.699. The molecule has 0 aliphatic rings. The lowest BCUT2D eigenvalue weighted by atomic mass is 10.2. The molecule has 18 heavy (non-hydrogen) atoms. The van der Waals surface area contributed by atoms with Gasteiger partial charge in [0.25, 0.3) is 0 Å². The third-order valence-corrected chi connectivity index (χ3v) is 2.56. The van der Waals surface area contributed by atoms with Gasteiger partial charge in [-0.15, -0.1) is 0 Å². The Balaban J connectivity index is 2.35. The normalized spacial score (nSPS) is 11.9. The van der Waals surface area contributed by atoms with Crippen molar-refractivity contribution in [1.29, 1.82) is 0 Å². The van der Waals surface area contributed by atoms with Gasteiger partial charge in [-0.25, -0.2) is 0 Å². The molecule has 0 amide bonds. The van der Waals surface area contributed by atoms with Crippen LogP contribution in [0.2, 0.25) is 0 Å². The van der Waals surface area contributed by atoms with E-state index in [0.29, 0.717) is 19.5 Å². The molecule has 0 saturated heterocycles. The highest BCUT2D eigenvalue weighted by Gasteiger charge is 2.07. The molecule has 1 aromatic rings. The molecule has 4 nitrogen and oxygen atoms in total. The first-order valence-corrected chi connectivity index (χ1v) is 6.19. The number of para-hydroxylation sites is 1. The standard InChI is InChI=1S/C14H21NO3/c1-4-14(16)18-11(2)9-15-10-12-7-5-6-8-13(12)17-3/h5-8,11,15H,4,9-10H2,1-3H3. The maximum absolute atomic E-state index is 11.1. The largest absolute Gasteiger partial charge is 0.496 e. The van der Waals surface area contributed by atoms with Crippen molar-refractivity contribution in [2.45, 2.75) is 32.9 Å². The first-order valence-electron chi connectivity index (χ1n) is 6.19. The van der Waals surface area contributed by atoms with Crippen molar-refractivity contribution in [3.63, 3.8) is 0 Å². The van der Waals surface area contributed by atoms with Crippen LogP contribution in [-0.4, -0.2) is 25.7 Å². The lowest BCUT2D eigenvalue weighted by Gasteiger charge is -2.14. The van der Waals surface area contributed by atoms with Crippen molar-refractivity contribution in [2.75, 3.05) is 13.7 Å². The molecule has 1 rings (SSSR count). The van der Waals surface area contributed by atoms with Crippen LogP contribution in [0.25, 0.3) is 0 Å². The average molecular weight is 251 g/mol. The second kappa shape index (κ2) is 7.71. The number of methoxy groups -OCH3 is 1. The number of rotatable bonds is 7. The number of nitrogens with one attached hydrogen (secondary N) is 1. The number of hydrogen-bond donors (Lipinski definition) is 1. The minimum absolute atomic E-state index is 0.118. The molecule has 0 spiro atoms.